The summed E-state index contributed by atoms with van der Waals surface area (Å²) in [7, 11) is 0. The van der Waals surface area contributed by atoms with E-state index >= 15 is 0 Å². The summed E-state index contributed by atoms with van der Waals surface area (Å²) in [5.41, 5.74) is 1.13. The Morgan fingerprint density at radius 3 is 2.96 bits per heavy atom. The lowest BCUT2D eigenvalue weighted by molar-refractivity contribution is -0.189. The second-order valence-electron chi connectivity index (χ2n) is 6.51. The SMILES string of the molecule is Cc1cnn(CCNC(=O)N2CCC[C@@H](C3(C)OCCO3)C2)c1. The molecule has 128 valence electrons. The van der Waals surface area contributed by atoms with Crippen molar-refractivity contribution < 1.29 is 14.3 Å². The molecular formula is C16H26N4O3. The maximum absolute atomic E-state index is 12.4. The topological polar surface area (TPSA) is 68.6 Å². The average molecular weight is 322 g/mol. The van der Waals surface area contributed by atoms with Gasteiger partial charge in [-0.1, -0.05) is 0 Å². The summed E-state index contributed by atoms with van der Waals surface area (Å²) >= 11 is 0. The number of amides is 2. The van der Waals surface area contributed by atoms with Crippen molar-refractivity contribution in [1.82, 2.24) is 20.0 Å². The Balaban J connectivity index is 1.47. The molecule has 2 fully saturated rings. The first-order valence-corrected chi connectivity index (χ1v) is 8.36. The Morgan fingerprint density at radius 2 is 2.26 bits per heavy atom. The Hall–Kier alpha value is -1.60. The summed E-state index contributed by atoms with van der Waals surface area (Å²) in [6, 6.07) is -0.0137. The maximum atomic E-state index is 12.4. The van der Waals surface area contributed by atoms with Gasteiger partial charge in [-0.2, -0.15) is 5.10 Å². The van der Waals surface area contributed by atoms with Crippen LogP contribution in [0.15, 0.2) is 12.4 Å². The molecule has 2 aliphatic heterocycles. The third-order valence-corrected chi connectivity index (χ3v) is 4.69. The van der Waals surface area contributed by atoms with Gasteiger partial charge in [-0.3, -0.25) is 4.68 Å². The molecule has 1 N–H and O–H groups in total. The molecule has 1 aromatic rings. The second-order valence-corrected chi connectivity index (χ2v) is 6.51. The number of carbonyl (C=O) groups is 1. The van der Waals surface area contributed by atoms with E-state index in [2.05, 4.69) is 10.4 Å². The molecule has 2 amide bonds. The summed E-state index contributed by atoms with van der Waals surface area (Å²) in [5, 5.41) is 7.20. The molecule has 0 aromatic carbocycles. The maximum Gasteiger partial charge on any atom is 0.317 e. The van der Waals surface area contributed by atoms with Gasteiger partial charge >= 0.3 is 6.03 Å². The van der Waals surface area contributed by atoms with Crippen LogP contribution in [0.5, 0.6) is 0 Å². The molecule has 0 unspecified atom stereocenters. The molecule has 2 aliphatic rings. The fraction of sp³-hybridized carbons (Fsp3) is 0.750. The molecule has 1 aromatic heterocycles. The monoisotopic (exact) mass is 322 g/mol. The predicted molar refractivity (Wildman–Crippen MR) is 85.0 cm³/mol. The molecule has 7 nitrogen and oxygen atoms in total. The summed E-state index contributed by atoms with van der Waals surface area (Å²) in [5.74, 6) is -0.302. The van der Waals surface area contributed by atoms with Crippen LogP contribution in [0.3, 0.4) is 0 Å². The number of aryl methyl sites for hydroxylation is 1. The molecule has 3 heterocycles. The van der Waals surface area contributed by atoms with Crippen LogP contribution in [0.25, 0.3) is 0 Å². The van der Waals surface area contributed by atoms with Crippen LogP contribution in [0, 0.1) is 12.8 Å². The van der Waals surface area contributed by atoms with E-state index in [1.165, 1.54) is 0 Å². The number of nitrogens with zero attached hydrogens (tertiary/aromatic N) is 3. The third-order valence-electron chi connectivity index (χ3n) is 4.69. The van der Waals surface area contributed by atoms with E-state index in [0.717, 1.165) is 24.9 Å². The number of carbonyl (C=O) groups excluding carboxylic acids is 1. The molecule has 2 saturated heterocycles. The summed E-state index contributed by atoms with van der Waals surface area (Å²) < 4.78 is 13.4. The first kappa shape index (κ1) is 16.3. The molecule has 0 spiro atoms. The zero-order valence-electron chi connectivity index (χ0n) is 14.0. The lowest BCUT2D eigenvalue weighted by Gasteiger charge is -2.39. The number of piperidine rings is 1. The number of hydrogen-bond donors (Lipinski definition) is 1. The summed E-state index contributed by atoms with van der Waals surface area (Å²) in [6.45, 7) is 8.01. The minimum Gasteiger partial charge on any atom is -0.347 e. The highest BCUT2D eigenvalue weighted by atomic mass is 16.7. The number of aromatic nitrogens is 2. The van der Waals surface area contributed by atoms with E-state index < -0.39 is 5.79 Å². The van der Waals surface area contributed by atoms with Crippen LogP contribution < -0.4 is 5.32 Å². The Bertz CT molecular complexity index is 539. The Morgan fingerprint density at radius 1 is 1.48 bits per heavy atom. The minimum atomic E-state index is -0.536. The van der Waals surface area contributed by atoms with Gasteiger partial charge in [0.2, 0.25) is 0 Å². The molecule has 0 aliphatic carbocycles. The highest BCUT2D eigenvalue weighted by Gasteiger charge is 2.42. The van der Waals surface area contributed by atoms with Crippen LogP contribution in [-0.4, -0.2) is 59.3 Å². The lowest BCUT2D eigenvalue weighted by Crippen LogP contribution is -2.51. The normalized spacial score (nSPS) is 23.9. The van der Waals surface area contributed by atoms with Crippen molar-refractivity contribution in [1.29, 1.82) is 0 Å². The van der Waals surface area contributed by atoms with Crippen LogP contribution in [-0.2, 0) is 16.0 Å². The van der Waals surface area contributed by atoms with Crippen LogP contribution in [0.1, 0.15) is 25.3 Å². The van der Waals surface area contributed by atoms with Gasteiger partial charge < -0.3 is 19.7 Å². The van der Waals surface area contributed by atoms with Crippen molar-refractivity contribution in [2.45, 2.75) is 39.0 Å². The van der Waals surface area contributed by atoms with E-state index in [-0.39, 0.29) is 11.9 Å². The number of rotatable bonds is 4. The molecule has 7 heteroatoms. The number of urea groups is 1. The molecule has 3 rings (SSSR count). The highest BCUT2D eigenvalue weighted by Crippen LogP contribution is 2.33. The molecular weight excluding hydrogens is 296 g/mol. The van der Waals surface area contributed by atoms with Crippen molar-refractivity contribution in [3.63, 3.8) is 0 Å². The van der Waals surface area contributed by atoms with Crippen LogP contribution in [0.2, 0.25) is 0 Å². The zero-order valence-corrected chi connectivity index (χ0v) is 14.0. The van der Waals surface area contributed by atoms with E-state index in [4.69, 9.17) is 9.47 Å². The fourth-order valence-electron chi connectivity index (χ4n) is 3.33. The van der Waals surface area contributed by atoms with Crippen LogP contribution >= 0.6 is 0 Å². The van der Waals surface area contributed by atoms with Gasteiger partial charge in [0.1, 0.15) is 0 Å². The van der Waals surface area contributed by atoms with Gasteiger partial charge in [0.05, 0.1) is 26.0 Å². The molecule has 0 radical (unpaired) electrons. The number of nitrogens with one attached hydrogen (secondary N) is 1. The summed E-state index contributed by atoms with van der Waals surface area (Å²) in [4.78, 5) is 14.2. The quantitative estimate of drug-likeness (QED) is 0.909. The Kier molecular flexibility index (Phi) is 4.87. The average Bonchev–Trinajstić information content (AvgIpc) is 3.17. The number of hydrogen-bond acceptors (Lipinski definition) is 4. The summed E-state index contributed by atoms with van der Waals surface area (Å²) in [6.07, 6.45) is 5.81. The van der Waals surface area contributed by atoms with Crippen molar-refractivity contribution in [3.8, 4) is 0 Å². The number of ether oxygens (including phenoxy) is 2. The second kappa shape index (κ2) is 6.88. The van der Waals surface area contributed by atoms with Gasteiger partial charge in [-0.15, -0.1) is 0 Å². The third kappa shape index (κ3) is 3.84. The first-order valence-electron chi connectivity index (χ1n) is 8.36. The highest BCUT2D eigenvalue weighted by molar-refractivity contribution is 5.74. The first-order chi connectivity index (χ1) is 11.1. The molecule has 0 saturated carbocycles. The lowest BCUT2D eigenvalue weighted by atomic mass is 9.90. The van der Waals surface area contributed by atoms with Gasteiger partial charge in [-0.05, 0) is 32.3 Å². The van der Waals surface area contributed by atoms with E-state index in [9.17, 15) is 4.79 Å². The standard InChI is InChI=1S/C16H26N4O3/c1-13-10-18-20(11-13)7-5-17-15(21)19-6-3-4-14(12-19)16(2)22-8-9-23-16/h10-11,14H,3-9,12H2,1-2H3,(H,17,21)/t14-/m1/s1. The smallest absolute Gasteiger partial charge is 0.317 e. The van der Waals surface area contributed by atoms with E-state index in [1.54, 1.807) is 0 Å². The predicted octanol–water partition coefficient (Wildman–Crippen LogP) is 1.38. The fourth-order valence-corrected chi connectivity index (χ4v) is 3.33. The Labute approximate surface area is 136 Å². The van der Waals surface area contributed by atoms with Crippen molar-refractivity contribution >= 4 is 6.03 Å². The number of likely N-dealkylation sites (tertiary alicyclic amines) is 1. The molecule has 23 heavy (non-hydrogen) atoms. The van der Waals surface area contributed by atoms with Crippen molar-refractivity contribution in [2.24, 2.45) is 5.92 Å². The largest absolute Gasteiger partial charge is 0.347 e. The van der Waals surface area contributed by atoms with Crippen molar-refractivity contribution in [2.75, 3.05) is 32.8 Å². The van der Waals surface area contributed by atoms with Gasteiger partial charge in [-0.25, -0.2) is 4.79 Å². The zero-order chi connectivity index (χ0) is 16.3. The van der Waals surface area contributed by atoms with Crippen LogP contribution in [0.4, 0.5) is 4.79 Å². The van der Waals surface area contributed by atoms with Gasteiger partial charge in [0, 0.05) is 31.7 Å². The molecule has 1 atom stereocenters. The molecule has 0 bridgehead atoms. The van der Waals surface area contributed by atoms with Crippen molar-refractivity contribution in [3.05, 3.63) is 18.0 Å². The van der Waals surface area contributed by atoms with Gasteiger partial charge in [0.25, 0.3) is 0 Å². The van der Waals surface area contributed by atoms with E-state index in [0.29, 0.717) is 32.8 Å². The van der Waals surface area contributed by atoms with Gasteiger partial charge in [0.15, 0.2) is 5.79 Å². The van der Waals surface area contributed by atoms with E-state index in [1.807, 2.05) is 35.8 Å². The minimum absolute atomic E-state index is 0.0137.